The minimum atomic E-state index is -0.152. The fraction of sp³-hybridized carbons (Fsp3) is 0.167. The molecule has 0 bridgehead atoms. The fourth-order valence-electron chi connectivity index (χ4n) is 2.48. The standard InChI is InChI=1S/C18H17N3O/c1-12-11-15(14-7-3-4-9-17(14)20-12)18(22)21-13(2)16-8-5-6-10-19-16/h3-11,13H,1-2H3,(H,21,22). The van der Waals surface area contributed by atoms with E-state index in [0.717, 1.165) is 22.3 Å². The molecule has 0 aliphatic carbocycles. The number of para-hydroxylation sites is 1. The van der Waals surface area contributed by atoms with E-state index in [0.29, 0.717) is 5.56 Å². The summed E-state index contributed by atoms with van der Waals surface area (Å²) in [5.41, 5.74) is 3.14. The Hall–Kier alpha value is -2.75. The SMILES string of the molecule is Cc1cc(C(=O)NC(C)c2ccccn2)c2ccccc2n1. The van der Waals surface area contributed by atoms with E-state index in [1.807, 2.05) is 62.4 Å². The highest BCUT2D eigenvalue weighted by Gasteiger charge is 2.15. The average Bonchev–Trinajstić information content (AvgIpc) is 2.54. The molecule has 4 nitrogen and oxygen atoms in total. The summed E-state index contributed by atoms with van der Waals surface area (Å²) in [4.78, 5) is 21.4. The monoisotopic (exact) mass is 291 g/mol. The van der Waals surface area contributed by atoms with Crippen molar-refractivity contribution in [1.29, 1.82) is 0 Å². The molecule has 0 fully saturated rings. The van der Waals surface area contributed by atoms with E-state index in [1.165, 1.54) is 0 Å². The molecular formula is C18H17N3O. The number of rotatable bonds is 3. The summed E-state index contributed by atoms with van der Waals surface area (Å²) in [5, 5.41) is 3.86. The van der Waals surface area contributed by atoms with Crippen LogP contribution in [0, 0.1) is 6.92 Å². The van der Waals surface area contributed by atoms with Gasteiger partial charge in [-0.2, -0.15) is 0 Å². The van der Waals surface area contributed by atoms with Crippen molar-refractivity contribution in [3.05, 3.63) is 71.7 Å². The molecule has 0 radical (unpaired) electrons. The van der Waals surface area contributed by atoms with Crippen LogP contribution < -0.4 is 5.32 Å². The van der Waals surface area contributed by atoms with Crippen molar-refractivity contribution in [2.45, 2.75) is 19.9 Å². The van der Waals surface area contributed by atoms with Gasteiger partial charge in [0.15, 0.2) is 0 Å². The number of fused-ring (bicyclic) bond motifs is 1. The van der Waals surface area contributed by atoms with E-state index in [2.05, 4.69) is 15.3 Å². The maximum Gasteiger partial charge on any atom is 0.252 e. The van der Waals surface area contributed by atoms with Gasteiger partial charge in [0.1, 0.15) is 0 Å². The molecule has 1 atom stereocenters. The largest absolute Gasteiger partial charge is 0.344 e. The zero-order chi connectivity index (χ0) is 15.5. The Kier molecular flexibility index (Phi) is 3.83. The lowest BCUT2D eigenvalue weighted by Crippen LogP contribution is -2.27. The highest BCUT2D eigenvalue weighted by atomic mass is 16.1. The van der Waals surface area contributed by atoms with E-state index >= 15 is 0 Å². The highest BCUT2D eigenvalue weighted by molar-refractivity contribution is 6.06. The molecule has 4 heteroatoms. The van der Waals surface area contributed by atoms with Gasteiger partial charge in [0.25, 0.3) is 5.91 Å². The van der Waals surface area contributed by atoms with Crippen molar-refractivity contribution < 1.29 is 4.79 Å². The Morgan fingerprint density at radius 3 is 2.68 bits per heavy atom. The lowest BCUT2D eigenvalue weighted by atomic mass is 10.1. The number of aromatic nitrogens is 2. The van der Waals surface area contributed by atoms with Gasteiger partial charge in [-0.05, 0) is 38.1 Å². The quantitative estimate of drug-likeness (QED) is 0.804. The topological polar surface area (TPSA) is 54.9 Å². The van der Waals surface area contributed by atoms with Crippen LogP contribution in [0.3, 0.4) is 0 Å². The van der Waals surface area contributed by atoms with Gasteiger partial charge in [-0.1, -0.05) is 24.3 Å². The molecule has 1 aromatic carbocycles. The summed E-state index contributed by atoms with van der Waals surface area (Å²) in [7, 11) is 0. The second kappa shape index (κ2) is 5.93. The van der Waals surface area contributed by atoms with E-state index in [-0.39, 0.29) is 11.9 Å². The molecule has 110 valence electrons. The lowest BCUT2D eigenvalue weighted by molar-refractivity contribution is 0.0940. The summed E-state index contributed by atoms with van der Waals surface area (Å²) in [6.07, 6.45) is 1.73. The minimum absolute atomic E-state index is 0.111. The van der Waals surface area contributed by atoms with Gasteiger partial charge in [0.05, 0.1) is 22.8 Å². The van der Waals surface area contributed by atoms with Crippen molar-refractivity contribution in [3.8, 4) is 0 Å². The first-order valence-corrected chi connectivity index (χ1v) is 7.23. The van der Waals surface area contributed by atoms with Crippen LogP contribution in [-0.4, -0.2) is 15.9 Å². The molecule has 1 N–H and O–H groups in total. The number of nitrogens with zero attached hydrogens (tertiary/aromatic N) is 2. The van der Waals surface area contributed by atoms with Crippen molar-refractivity contribution in [3.63, 3.8) is 0 Å². The smallest absolute Gasteiger partial charge is 0.252 e. The Morgan fingerprint density at radius 1 is 1.14 bits per heavy atom. The average molecular weight is 291 g/mol. The number of amides is 1. The number of aryl methyl sites for hydroxylation is 1. The molecule has 0 aliphatic heterocycles. The Labute approximate surface area is 129 Å². The number of hydrogen-bond donors (Lipinski definition) is 1. The van der Waals surface area contributed by atoms with E-state index in [4.69, 9.17) is 0 Å². The molecule has 0 saturated heterocycles. The van der Waals surface area contributed by atoms with Crippen LogP contribution in [0.5, 0.6) is 0 Å². The first-order valence-electron chi connectivity index (χ1n) is 7.23. The molecule has 2 aromatic heterocycles. The molecule has 0 saturated carbocycles. The van der Waals surface area contributed by atoms with Crippen LogP contribution in [-0.2, 0) is 0 Å². The van der Waals surface area contributed by atoms with E-state index < -0.39 is 0 Å². The lowest BCUT2D eigenvalue weighted by Gasteiger charge is -2.14. The molecule has 0 aliphatic rings. The molecule has 2 heterocycles. The van der Waals surface area contributed by atoms with Crippen molar-refractivity contribution in [1.82, 2.24) is 15.3 Å². The number of benzene rings is 1. The third-order valence-electron chi connectivity index (χ3n) is 3.57. The number of carbonyl (C=O) groups excluding carboxylic acids is 1. The van der Waals surface area contributed by atoms with Gasteiger partial charge in [0.2, 0.25) is 0 Å². The van der Waals surface area contributed by atoms with Gasteiger partial charge in [0, 0.05) is 17.3 Å². The van der Waals surface area contributed by atoms with Crippen molar-refractivity contribution >= 4 is 16.8 Å². The Morgan fingerprint density at radius 2 is 1.91 bits per heavy atom. The highest BCUT2D eigenvalue weighted by Crippen LogP contribution is 2.19. The molecular weight excluding hydrogens is 274 g/mol. The Balaban J connectivity index is 1.93. The summed E-state index contributed by atoms with van der Waals surface area (Å²) >= 11 is 0. The first-order chi connectivity index (χ1) is 10.6. The van der Waals surface area contributed by atoms with Gasteiger partial charge < -0.3 is 5.32 Å². The molecule has 0 spiro atoms. The van der Waals surface area contributed by atoms with Crippen LogP contribution in [0.2, 0.25) is 0 Å². The third-order valence-corrected chi connectivity index (χ3v) is 3.57. The molecule has 1 unspecified atom stereocenters. The number of hydrogen-bond acceptors (Lipinski definition) is 3. The summed E-state index contributed by atoms with van der Waals surface area (Å²) < 4.78 is 0. The zero-order valence-corrected chi connectivity index (χ0v) is 12.6. The molecule has 3 rings (SSSR count). The third kappa shape index (κ3) is 2.81. The Bertz CT molecular complexity index is 815. The van der Waals surface area contributed by atoms with Crippen LogP contribution >= 0.6 is 0 Å². The predicted octanol–water partition coefficient (Wildman–Crippen LogP) is 3.43. The van der Waals surface area contributed by atoms with Crippen molar-refractivity contribution in [2.75, 3.05) is 0 Å². The second-order valence-corrected chi connectivity index (χ2v) is 5.28. The van der Waals surface area contributed by atoms with Crippen LogP contribution in [0.25, 0.3) is 10.9 Å². The summed E-state index contributed by atoms with van der Waals surface area (Å²) in [6.45, 7) is 3.82. The van der Waals surface area contributed by atoms with Crippen LogP contribution in [0.1, 0.15) is 34.7 Å². The van der Waals surface area contributed by atoms with E-state index in [9.17, 15) is 4.79 Å². The van der Waals surface area contributed by atoms with Gasteiger partial charge in [-0.3, -0.25) is 14.8 Å². The second-order valence-electron chi connectivity index (χ2n) is 5.28. The maximum absolute atomic E-state index is 12.6. The maximum atomic E-state index is 12.6. The zero-order valence-electron chi connectivity index (χ0n) is 12.6. The van der Waals surface area contributed by atoms with Crippen LogP contribution in [0.4, 0.5) is 0 Å². The van der Waals surface area contributed by atoms with Gasteiger partial charge in [-0.25, -0.2) is 0 Å². The normalized spacial score (nSPS) is 12.1. The predicted molar refractivity (Wildman–Crippen MR) is 86.6 cm³/mol. The number of pyridine rings is 2. The summed E-state index contributed by atoms with van der Waals surface area (Å²) in [6, 6.07) is 15.0. The van der Waals surface area contributed by atoms with E-state index in [1.54, 1.807) is 6.20 Å². The summed E-state index contributed by atoms with van der Waals surface area (Å²) in [5.74, 6) is -0.111. The molecule has 1 amide bonds. The van der Waals surface area contributed by atoms with Crippen LogP contribution in [0.15, 0.2) is 54.7 Å². The first kappa shape index (κ1) is 14.2. The molecule has 22 heavy (non-hydrogen) atoms. The number of carbonyl (C=O) groups is 1. The number of nitrogens with one attached hydrogen (secondary N) is 1. The fourth-order valence-corrected chi connectivity index (χ4v) is 2.48. The minimum Gasteiger partial charge on any atom is -0.344 e. The molecule has 3 aromatic rings. The van der Waals surface area contributed by atoms with Crippen molar-refractivity contribution in [2.24, 2.45) is 0 Å². The van der Waals surface area contributed by atoms with Gasteiger partial charge in [-0.15, -0.1) is 0 Å². The van der Waals surface area contributed by atoms with Gasteiger partial charge >= 0.3 is 0 Å².